The molecule has 1 amide bonds. The van der Waals surface area contributed by atoms with Gasteiger partial charge in [-0.3, -0.25) is 4.79 Å². The van der Waals surface area contributed by atoms with E-state index in [0.29, 0.717) is 12.8 Å². The first-order chi connectivity index (χ1) is 9.06. The molecule has 0 radical (unpaired) electrons. The summed E-state index contributed by atoms with van der Waals surface area (Å²) >= 11 is 0. The maximum Gasteiger partial charge on any atom is 0.220 e. The smallest absolute Gasteiger partial charge is 0.220 e. The fourth-order valence-corrected chi connectivity index (χ4v) is 1.52. The molecule has 0 heterocycles. The number of carbonyl (C=O) groups is 1. The van der Waals surface area contributed by atoms with Crippen molar-refractivity contribution >= 4 is 11.7 Å². The number of carbonyl (C=O) groups excluding carboxylic acids is 1. The Morgan fingerprint density at radius 1 is 1.47 bits per heavy atom. The minimum absolute atomic E-state index is 0.0159. The van der Waals surface area contributed by atoms with Crippen LogP contribution in [-0.2, 0) is 11.2 Å². The van der Waals surface area contributed by atoms with Gasteiger partial charge in [-0.05, 0) is 31.0 Å². The van der Waals surface area contributed by atoms with Crippen molar-refractivity contribution in [3.63, 3.8) is 0 Å². The zero-order valence-corrected chi connectivity index (χ0v) is 11.1. The number of hydrogen-bond acceptors (Lipinski definition) is 4. The number of amidine groups is 1. The Morgan fingerprint density at radius 3 is 2.63 bits per heavy atom. The number of benzene rings is 1. The van der Waals surface area contributed by atoms with Gasteiger partial charge in [-0.15, -0.1) is 0 Å². The van der Waals surface area contributed by atoms with Crippen molar-refractivity contribution in [2.45, 2.75) is 25.8 Å². The Labute approximate surface area is 112 Å². The molecule has 0 spiro atoms. The minimum Gasteiger partial charge on any atom is -0.497 e. The lowest BCUT2D eigenvalue weighted by atomic mass is 10.1. The summed E-state index contributed by atoms with van der Waals surface area (Å²) in [6, 6.07) is 7.06. The van der Waals surface area contributed by atoms with Gasteiger partial charge in [0.15, 0.2) is 5.84 Å². The van der Waals surface area contributed by atoms with Gasteiger partial charge in [0.05, 0.1) is 13.2 Å². The third kappa shape index (κ3) is 4.87. The normalized spacial score (nSPS) is 12.8. The van der Waals surface area contributed by atoms with Crippen LogP contribution in [0.25, 0.3) is 0 Å². The van der Waals surface area contributed by atoms with Crippen molar-refractivity contribution in [2.24, 2.45) is 10.9 Å². The van der Waals surface area contributed by atoms with E-state index in [1.165, 1.54) is 0 Å². The highest BCUT2D eigenvalue weighted by Gasteiger charge is 2.11. The molecule has 1 aromatic carbocycles. The average molecular weight is 265 g/mol. The molecule has 0 saturated carbocycles. The van der Waals surface area contributed by atoms with Gasteiger partial charge >= 0.3 is 0 Å². The van der Waals surface area contributed by atoms with Crippen molar-refractivity contribution in [1.29, 1.82) is 0 Å². The minimum atomic E-state index is -0.478. The summed E-state index contributed by atoms with van der Waals surface area (Å²) in [7, 11) is 1.61. The molecule has 0 fully saturated rings. The summed E-state index contributed by atoms with van der Waals surface area (Å²) in [6.07, 6.45) is 0.966. The molecular weight excluding hydrogens is 246 g/mol. The molecule has 0 bridgehead atoms. The number of rotatable bonds is 6. The van der Waals surface area contributed by atoms with Gasteiger partial charge in [0.2, 0.25) is 5.91 Å². The summed E-state index contributed by atoms with van der Waals surface area (Å²) in [6.45, 7) is 1.65. The van der Waals surface area contributed by atoms with Crippen molar-refractivity contribution in [2.75, 3.05) is 7.11 Å². The van der Waals surface area contributed by atoms with Crippen molar-refractivity contribution in [3.05, 3.63) is 29.8 Å². The summed E-state index contributed by atoms with van der Waals surface area (Å²) < 4.78 is 5.06. The predicted octanol–water partition coefficient (Wildman–Crippen LogP) is 0.879. The first kappa shape index (κ1) is 14.8. The molecule has 0 saturated heterocycles. The fraction of sp³-hybridized carbons (Fsp3) is 0.385. The van der Waals surface area contributed by atoms with Crippen LogP contribution in [0.2, 0.25) is 0 Å². The zero-order valence-electron chi connectivity index (χ0n) is 11.1. The summed E-state index contributed by atoms with van der Waals surface area (Å²) in [5, 5.41) is 14.0. The molecule has 1 unspecified atom stereocenters. The van der Waals surface area contributed by atoms with E-state index in [0.717, 1.165) is 11.3 Å². The molecular formula is C13H19N3O3. The lowest BCUT2D eigenvalue weighted by Crippen LogP contribution is -2.42. The number of aryl methyl sites for hydroxylation is 1. The Bertz CT molecular complexity index is 443. The summed E-state index contributed by atoms with van der Waals surface area (Å²) in [5.41, 5.74) is 6.42. The average Bonchev–Trinajstić information content (AvgIpc) is 2.44. The van der Waals surface area contributed by atoms with Crippen LogP contribution in [0, 0.1) is 0 Å². The first-order valence-corrected chi connectivity index (χ1v) is 5.96. The molecule has 6 nitrogen and oxygen atoms in total. The second-order valence-corrected chi connectivity index (χ2v) is 4.16. The van der Waals surface area contributed by atoms with Crippen LogP contribution in [0.4, 0.5) is 0 Å². The van der Waals surface area contributed by atoms with Gasteiger partial charge in [0.25, 0.3) is 0 Å². The van der Waals surface area contributed by atoms with Gasteiger partial charge in [-0.25, -0.2) is 0 Å². The van der Waals surface area contributed by atoms with E-state index in [-0.39, 0.29) is 11.7 Å². The molecule has 1 aromatic rings. The molecule has 1 atom stereocenters. The van der Waals surface area contributed by atoms with Crippen LogP contribution >= 0.6 is 0 Å². The third-order valence-corrected chi connectivity index (χ3v) is 2.74. The lowest BCUT2D eigenvalue weighted by Gasteiger charge is -2.12. The first-order valence-electron chi connectivity index (χ1n) is 5.96. The Balaban J connectivity index is 2.41. The van der Waals surface area contributed by atoms with E-state index < -0.39 is 6.04 Å². The van der Waals surface area contributed by atoms with Gasteiger partial charge in [-0.2, -0.15) is 0 Å². The number of methoxy groups -OCH3 is 1. The monoisotopic (exact) mass is 265 g/mol. The second-order valence-electron chi connectivity index (χ2n) is 4.16. The SMILES string of the molecule is COc1ccc(CCC(=O)NC(C)/C(N)=N/O)cc1. The second kappa shape index (κ2) is 7.25. The van der Waals surface area contributed by atoms with E-state index in [4.69, 9.17) is 15.7 Å². The molecule has 0 aliphatic heterocycles. The number of hydrogen-bond donors (Lipinski definition) is 3. The highest BCUT2D eigenvalue weighted by atomic mass is 16.5. The van der Waals surface area contributed by atoms with Gasteiger partial charge in [0, 0.05) is 6.42 Å². The molecule has 0 aliphatic rings. The standard InChI is InChI=1S/C13H19N3O3/c1-9(13(14)16-18)15-12(17)8-5-10-3-6-11(19-2)7-4-10/h3-4,6-7,9,18H,5,8H2,1-2H3,(H2,14,16)(H,15,17). The molecule has 0 aliphatic carbocycles. The number of amides is 1. The summed E-state index contributed by atoms with van der Waals surface area (Å²) in [5.74, 6) is 0.626. The maximum atomic E-state index is 11.6. The van der Waals surface area contributed by atoms with Crippen LogP contribution in [0.15, 0.2) is 29.4 Å². The van der Waals surface area contributed by atoms with Gasteiger partial charge in [-0.1, -0.05) is 17.3 Å². The number of nitrogens with two attached hydrogens (primary N) is 1. The van der Waals surface area contributed by atoms with Gasteiger partial charge in [0.1, 0.15) is 5.75 Å². The Hall–Kier alpha value is -2.24. The quantitative estimate of drug-likeness (QED) is 0.308. The van der Waals surface area contributed by atoms with Crippen LogP contribution in [0.1, 0.15) is 18.9 Å². The van der Waals surface area contributed by atoms with Gasteiger partial charge < -0.3 is 21.0 Å². The van der Waals surface area contributed by atoms with Crippen molar-refractivity contribution < 1.29 is 14.7 Å². The lowest BCUT2D eigenvalue weighted by molar-refractivity contribution is -0.121. The topological polar surface area (TPSA) is 96.9 Å². The number of nitrogens with one attached hydrogen (secondary N) is 1. The largest absolute Gasteiger partial charge is 0.497 e. The van der Waals surface area contributed by atoms with Crippen LogP contribution < -0.4 is 15.8 Å². The van der Waals surface area contributed by atoms with Crippen molar-refractivity contribution in [1.82, 2.24) is 5.32 Å². The predicted molar refractivity (Wildman–Crippen MR) is 72.3 cm³/mol. The number of nitrogens with zero attached hydrogens (tertiary/aromatic N) is 1. The number of oxime groups is 1. The highest BCUT2D eigenvalue weighted by Crippen LogP contribution is 2.12. The van der Waals surface area contributed by atoms with Crippen LogP contribution in [0.5, 0.6) is 5.75 Å². The Morgan fingerprint density at radius 2 is 2.11 bits per heavy atom. The number of ether oxygens (including phenoxy) is 1. The molecule has 1 rings (SSSR count). The highest BCUT2D eigenvalue weighted by molar-refractivity contribution is 5.89. The van der Waals surface area contributed by atoms with Crippen LogP contribution in [-0.4, -0.2) is 30.1 Å². The third-order valence-electron chi connectivity index (χ3n) is 2.74. The molecule has 104 valence electrons. The van der Waals surface area contributed by atoms with E-state index in [1.54, 1.807) is 14.0 Å². The zero-order chi connectivity index (χ0) is 14.3. The van der Waals surface area contributed by atoms with E-state index in [2.05, 4.69) is 10.5 Å². The molecule has 0 aromatic heterocycles. The molecule has 6 heteroatoms. The van der Waals surface area contributed by atoms with E-state index >= 15 is 0 Å². The van der Waals surface area contributed by atoms with E-state index in [1.807, 2.05) is 24.3 Å². The van der Waals surface area contributed by atoms with Crippen molar-refractivity contribution in [3.8, 4) is 5.75 Å². The summed E-state index contributed by atoms with van der Waals surface area (Å²) in [4.78, 5) is 11.6. The van der Waals surface area contributed by atoms with Crippen LogP contribution in [0.3, 0.4) is 0 Å². The van der Waals surface area contributed by atoms with E-state index in [9.17, 15) is 4.79 Å². The maximum absolute atomic E-state index is 11.6. The molecule has 19 heavy (non-hydrogen) atoms. The fourth-order valence-electron chi connectivity index (χ4n) is 1.52. The molecule has 4 N–H and O–H groups in total. The Kier molecular flexibility index (Phi) is 5.66.